The molecule has 56 heavy (non-hydrogen) atoms. The Morgan fingerprint density at radius 3 is 2.25 bits per heavy atom. The lowest BCUT2D eigenvalue weighted by molar-refractivity contribution is -0.343. The normalized spacial score (nSPS) is 31.9. The topological polar surface area (TPSA) is 83.1 Å². The Kier molecular flexibility index (Phi) is 15.0. The van der Waals surface area contributed by atoms with Gasteiger partial charge in [0.2, 0.25) is 0 Å². The summed E-state index contributed by atoms with van der Waals surface area (Å²) in [5, 5.41) is 0.0859. The third-order valence-corrected chi connectivity index (χ3v) is 20.9. The van der Waals surface area contributed by atoms with Crippen molar-refractivity contribution in [2.45, 2.75) is 145 Å². The van der Waals surface area contributed by atoms with Gasteiger partial charge in [-0.05, 0) is 60.2 Å². The monoisotopic (exact) mass is 832 g/mol. The third-order valence-electron chi connectivity index (χ3n) is 12.6. The molecule has 4 heterocycles. The molecule has 0 N–H and O–H groups in total. The highest BCUT2D eigenvalue weighted by Crippen LogP contribution is 2.56. The summed E-state index contributed by atoms with van der Waals surface area (Å²) in [5.74, 6) is 3.17. The zero-order valence-electron chi connectivity index (χ0n) is 35.5. The molecule has 1 spiro atoms. The molecule has 4 aliphatic heterocycles. The van der Waals surface area contributed by atoms with Gasteiger partial charge in [0.1, 0.15) is 0 Å². The van der Waals surface area contributed by atoms with E-state index in [0.29, 0.717) is 44.2 Å². The van der Waals surface area contributed by atoms with Gasteiger partial charge >= 0.3 is 0 Å². The first-order valence-electron chi connectivity index (χ1n) is 20.6. The zero-order valence-corrected chi connectivity index (χ0v) is 38.1. The molecule has 12 heteroatoms. The highest BCUT2D eigenvalue weighted by molar-refractivity contribution is 8.18. The van der Waals surface area contributed by atoms with Crippen LogP contribution in [0, 0.1) is 11.8 Å². The van der Waals surface area contributed by atoms with Crippen LogP contribution in [0.5, 0.6) is 11.5 Å². The van der Waals surface area contributed by atoms with E-state index in [4.69, 9.17) is 42.3 Å². The summed E-state index contributed by atoms with van der Waals surface area (Å²) in [6, 6.07) is 16.2. The van der Waals surface area contributed by atoms with Gasteiger partial charge in [0.15, 0.2) is 31.9 Å². The molecule has 4 aliphatic rings. The SMILES string of the molecule is COc1ccc(C2OC[C@@H](C)[C@@H]([C@H](C)C3(C[C@@H]4C[C@H](OC)C[C@@]5(C[C@@H](O[Si](C)(C)C(C)(C)C)C[C@H](COCc6ccccc6)O5)O4)SCCCS3)O2)cc1OC. The molecule has 6 rings (SSSR count). The molecule has 9 atom stereocenters. The van der Waals surface area contributed by atoms with Gasteiger partial charge in [0, 0.05) is 50.2 Å². The standard InChI is InChI=1S/C44H68O9S2Si/c1-30-27-49-41(33-17-18-38(46-7)39(21-33)47-8)50-40(30)31(2)44(54-19-14-20-55-44)26-35-22-34(45-6)24-43(51-35)25-36(53-56(9,10)42(3,4)5)23-37(52-43)29-48-28-32-15-12-11-13-16-32/h11-13,15-18,21,30-31,34-37,40-41H,14,19-20,22-29H2,1-10H3/t30-,31+,34+,35+,36+,37-,40+,41?,43-/m1/s1. The van der Waals surface area contributed by atoms with Gasteiger partial charge in [-0.15, -0.1) is 23.5 Å². The second-order valence-electron chi connectivity index (χ2n) is 17.8. The number of hydrogen-bond acceptors (Lipinski definition) is 11. The molecule has 0 aromatic heterocycles. The largest absolute Gasteiger partial charge is 0.493 e. The van der Waals surface area contributed by atoms with E-state index in [1.54, 1.807) is 14.2 Å². The zero-order chi connectivity index (χ0) is 40.1. The first-order chi connectivity index (χ1) is 26.7. The number of methoxy groups -OCH3 is 3. The van der Waals surface area contributed by atoms with Crippen LogP contribution in [0.1, 0.15) is 90.6 Å². The van der Waals surface area contributed by atoms with Crippen molar-refractivity contribution >= 4 is 31.8 Å². The Balaban J connectivity index is 1.23. The van der Waals surface area contributed by atoms with Crippen LogP contribution >= 0.6 is 23.5 Å². The van der Waals surface area contributed by atoms with Crippen molar-refractivity contribution in [3.8, 4) is 11.5 Å². The van der Waals surface area contributed by atoms with Gasteiger partial charge in [-0.25, -0.2) is 0 Å². The fourth-order valence-corrected chi connectivity index (χ4v) is 13.6. The maximum Gasteiger partial charge on any atom is 0.192 e. The maximum atomic E-state index is 7.36. The summed E-state index contributed by atoms with van der Waals surface area (Å²) in [5.41, 5.74) is 2.08. The highest BCUT2D eigenvalue weighted by Gasteiger charge is 2.54. The quantitative estimate of drug-likeness (QED) is 0.171. The molecule has 0 radical (unpaired) electrons. The van der Waals surface area contributed by atoms with E-state index in [-0.39, 0.29) is 51.5 Å². The van der Waals surface area contributed by atoms with Crippen molar-refractivity contribution < 1.29 is 42.3 Å². The van der Waals surface area contributed by atoms with E-state index in [0.717, 1.165) is 41.9 Å². The maximum absolute atomic E-state index is 7.36. The Labute approximate surface area is 346 Å². The third kappa shape index (κ3) is 10.5. The van der Waals surface area contributed by atoms with Crippen LogP contribution in [0.4, 0.5) is 0 Å². The molecule has 0 aliphatic carbocycles. The van der Waals surface area contributed by atoms with Crippen molar-refractivity contribution in [1.29, 1.82) is 0 Å². The van der Waals surface area contributed by atoms with Gasteiger partial charge in [-0.3, -0.25) is 0 Å². The Morgan fingerprint density at radius 1 is 0.893 bits per heavy atom. The van der Waals surface area contributed by atoms with E-state index in [1.807, 2.05) is 31.4 Å². The van der Waals surface area contributed by atoms with Crippen molar-refractivity contribution in [2.75, 3.05) is 46.0 Å². The lowest BCUT2D eigenvalue weighted by atomic mass is 9.84. The van der Waals surface area contributed by atoms with Crippen molar-refractivity contribution in [1.82, 2.24) is 0 Å². The average molecular weight is 833 g/mol. The molecule has 0 bridgehead atoms. The fraction of sp³-hybridized carbons (Fsp3) is 0.727. The molecule has 9 nitrogen and oxygen atoms in total. The number of benzene rings is 2. The molecule has 314 valence electrons. The Morgan fingerprint density at radius 2 is 1.57 bits per heavy atom. The molecule has 2 aromatic rings. The van der Waals surface area contributed by atoms with Gasteiger partial charge in [0.25, 0.3) is 0 Å². The van der Waals surface area contributed by atoms with Crippen LogP contribution in [0.15, 0.2) is 48.5 Å². The molecular formula is C44H68O9S2Si. The Hall–Kier alpha value is -1.32. The van der Waals surface area contributed by atoms with E-state index in [2.05, 4.69) is 95.5 Å². The van der Waals surface area contributed by atoms with E-state index < -0.39 is 20.4 Å². The van der Waals surface area contributed by atoms with Crippen molar-refractivity contribution in [3.05, 3.63) is 59.7 Å². The van der Waals surface area contributed by atoms with Gasteiger partial charge in [-0.2, -0.15) is 0 Å². The number of hydrogen-bond donors (Lipinski definition) is 0. The minimum atomic E-state index is -2.08. The predicted octanol–water partition coefficient (Wildman–Crippen LogP) is 10.0. The van der Waals surface area contributed by atoms with E-state index in [9.17, 15) is 0 Å². The highest BCUT2D eigenvalue weighted by atomic mass is 32.2. The van der Waals surface area contributed by atoms with E-state index in [1.165, 1.54) is 6.42 Å². The minimum Gasteiger partial charge on any atom is -0.493 e. The number of rotatable bonds is 14. The first-order valence-corrected chi connectivity index (χ1v) is 25.5. The number of thioether (sulfide) groups is 2. The second kappa shape index (κ2) is 18.9. The second-order valence-corrected chi connectivity index (χ2v) is 25.7. The summed E-state index contributed by atoms with van der Waals surface area (Å²) in [6.07, 6.45) is 4.28. The molecule has 4 saturated heterocycles. The molecule has 2 aromatic carbocycles. The summed E-state index contributed by atoms with van der Waals surface area (Å²) >= 11 is 4.17. The van der Waals surface area contributed by atoms with Crippen LogP contribution in [-0.2, 0) is 39.5 Å². The summed E-state index contributed by atoms with van der Waals surface area (Å²) < 4.78 is 58.5. The van der Waals surface area contributed by atoms with Crippen LogP contribution in [0.2, 0.25) is 18.1 Å². The van der Waals surface area contributed by atoms with Crippen LogP contribution in [0.3, 0.4) is 0 Å². The molecule has 0 amide bonds. The summed E-state index contributed by atoms with van der Waals surface area (Å²) in [6.45, 7) is 17.9. The van der Waals surface area contributed by atoms with Crippen molar-refractivity contribution in [3.63, 3.8) is 0 Å². The smallest absolute Gasteiger partial charge is 0.192 e. The van der Waals surface area contributed by atoms with Crippen LogP contribution in [-0.4, -0.2) is 94.8 Å². The van der Waals surface area contributed by atoms with Gasteiger partial charge < -0.3 is 42.3 Å². The van der Waals surface area contributed by atoms with E-state index >= 15 is 0 Å². The van der Waals surface area contributed by atoms with Crippen LogP contribution < -0.4 is 9.47 Å². The summed E-state index contributed by atoms with van der Waals surface area (Å²) in [4.78, 5) is 0. The predicted molar refractivity (Wildman–Crippen MR) is 228 cm³/mol. The molecule has 4 fully saturated rings. The molecule has 1 unspecified atom stereocenters. The lowest BCUT2D eigenvalue weighted by Crippen LogP contribution is -2.59. The lowest BCUT2D eigenvalue weighted by Gasteiger charge is -2.53. The fourth-order valence-electron chi connectivity index (χ4n) is 8.59. The Bertz CT molecular complexity index is 1540. The van der Waals surface area contributed by atoms with Gasteiger partial charge in [-0.1, -0.05) is 71.0 Å². The van der Waals surface area contributed by atoms with Crippen LogP contribution in [0.25, 0.3) is 0 Å². The average Bonchev–Trinajstić information content (AvgIpc) is 3.17. The number of ether oxygens (including phenoxy) is 8. The first kappa shape index (κ1) is 44.2. The van der Waals surface area contributed by atoms with Crippen molar-refractivity contribution in [2.24, 2.45) is 11.8 Å². The minimum absolute atomic E-state index is 0.00235. The summed E-state index contributed by atoms with van der Waals surface area (Å²) in [7, 11) is 3.06. The molecule has 0 saturated carbocycles. The van der Waals surface area contributed by atoms with Gasteiger partial charge in [0.05, 0.1) is 68.6 Å². The molecular weight excluding hydrogens is 765 g/mol.